The Morgan fingerprint density at radius 1 is 1.19 bits per heavy atom. The van der Waals surface area contributed by atoms with Gasteiger partial charge in [0.15, 0.2) is 0 Å². The lowest BCUT2D eigenvalue weighted by Gasteiger charge is -2.49. The van der Waals surface area contributed by atoms with Crippen molar-refractivity contribution < 1.29 is 18.7 Å². The van der Waals surface area contributed by atoms with E-state index >= 15 is 0 Å². The second-order valence-corrected chi connectivity index (χ2v) is 9.77. The molecule has 6 heteroatoms. The van der Waals surface area contributed by atoms with Crippen molar-refractivity contribution in [2.45, 2.75) is 62.9 Å². The van der Waals surface area contributed by atoms with E-state index in [1.54, 1.807) is 7.11 Å². The number of carbonyl (C=O) groups excluding carboxylic acids is 1. The van der Waals surface area contributed by atoms with Crippen LogP contribution in [-0.2, 0) is 9.53 Å². The van der Waals surface area contributed by atoms with Gasteiger partial charge in [-0.15, -0.1) is 0 Å². The Hall–Kier alpha value is -1.92. The highest BCUT2D eigenvalue weighted by atomic mass is 19.1. The number of amides is 1. The third-order valence-corrected chi connectivity index (χ3v) is 8.01. The zero-order valence-electron chi connectivity index (χ0n) is 18.5. The van der Waals surface area contributed by atoms with E-state index in [-0.39, 0.29) is 30.1 Å². The van der Waals surface area contributed by atoms with Crippen LogP contribution in [0.2, 0.25) is 0 Å². The molecule has 1 aromatic rings. The minimum atomic E-state index is -0.278. The van der Waals surface area contributed by atoms with Crippen molar-refractivity contribution in [3.05, 3.63) is 41.7 Å². The van der Waals surface area contributed by atoms with Crippen molar-refractivity contribution in [3.63, 3.8) is 0 Å². The molecule has 170 valence electrons. The van der Waals surface area contributed by atoms with E-state index in [1.807, 2.05) is 12.1 Å². The lowest BCUT2D eigenvalue weighted by atomic mass is 9.60. The Balaban J connectivity index is 1.27. The van der Waals surface area contributed by atoms with Crippen LogP contribution in [0.1, 0.15) is 62.8 Å². The summed E-state index contributed by atoms with van der Waals surface area (Å²) in [5, 5.41) is 3.25. The van der Waals surface area contributed by atoms with Gasteiger partial charge in [0, 0.05) is 31.2 Å². The van der Waals surface area contributed by atoms with Gasteiger partial charge in [-0.1, -0.05) is 12.1 Å². The van der Waals surface area contributed by atoms with Crippen LogP contribution in [-0.4, -0.2) is 38.3 Å². The predicted molar refractivity (Wildman–Crippen MR) is 119 cm³/mol. The predicted octanol–water partition coefficient (Wildman–Crippen LogP) is 4.23. The summed E-state index contributed by atoms with van der Waals surface area (Å²) in [6, 6.07) is 7.93. The first-order valence-electron chi connectivity index (χ1n) is 11.6. The standard InChI is InChI=1S/C25H35FN2O3/c1-30-25(17-28-23(29)24-9-6-18(7-10-24)8-11-24)12-21(13-25)20-2-4-22(5-3-20)31-16-19(14-26)15-27/h2-5,14,18,21H,6-13,15-17,27H2,1H3,(H,28,29)/b19-14+. The fourth-order valence-corrected chi connectivity index (χ4v) is 5.62. The van der Waals surface area contributed by atoms with Gasteiger partial charge in [-0.3, -0.25) is 4.79 Å². The Morgan fingerprint density at radius 3 is 2.39 bits per heavy atom. The van der Waals surface area contributed by atoms with Gasteiger partial charge in [-0.25, -0.2) is 4.39 Å². The lowest BCUT2D eigenvalue weighted by molar-refractivity contribution is -0.141. The average Bonchev–Trinajstić information content (AvgIpc) is 2.81. The molecule has 0 saturated heterocycles. The molecule has 5 nitrogen and oxygen atoms in total. The van der Waals surface area contributed by atoms with Gasteiger partial charge in [0.05, 0.1) is 11.9 Å². The SMILES string of the molecule is COC1(CNC(=O)C23CCC(CC2)CC3)CC(c2ccc(OC/C(=C/F)CN)cc2)C1. The average molecular weight is 431 g/mol. The summed E-state index contributed by atoms with van der Waals surface area (Å²) >= 11 is 0. The number of ether oxygens (including phenoxy) is 2. The maximum absolute atomic E-state index is 13.0. The Kier molecular flexibility index (Phi) is 6.68. The highest BCUT2D eigenvalue weighted by Gasteiger charge is 2.49. The summed E-state index contributed by atoms with van der Waals surface area (Å²) in [4.78, 5) is 13.0. The van der Waals surface area contributed by atoms with Crippen LogP contribution in [0, 0.1) is 11.3 Å². The van der Waals surface area contributed by atoms with Crippen LogP contribution in [0.25, 0.3) is 0 Å². The number of rotatable bonds is 9. The number of hydrogen-bond acceptors (Lipinski definition) is 4. The number of carbonyl (C=O) groups is 1. The third kappa shape index (κ3) is 4.65. The van der Waals surface area contributed by atoms with Gasteiger partial charge < -0.3 is 20.5 Å². The van der Waals surface area contributed by atoms with Gasteiger partial charge in [-0.05, 0) is 80.9 Å². The highest BCUT2D eigenvalue weighted by molar-refractivity contribution is 5.83. The molecule has 4 fully saturated rings. The molecule has 4 saturated carbocycles. The van der Waals surface area contributed by atoms with E-state index in [2.05, 4.69) is 17.4 Å². The van der Waals surface area contributed by atoms with Crippen molar-refractivity contribution >= 4 is 5.91 Å². The number of hydrogen-bond donors (Lipinski definition) is 2. The number of fused-ring (bicyclic) bond motifs is 3. The normalized spacial score (nSPS) is 32.4. The quantitative estimate of drug-likeness (QED) is 0.615. The number of halogens is 1. The lowest BCUT2D eigenvalue weighted by Crippen LogP contribution is -2.55. The molecule has 1 aromatic carbocycles. The molecule has 0 aromatic heterocycles. The summed E-state index contributed by atoms with van der Waals surface area (Å²) in [5.74, 6) is 2.19. The minimum absolute atomic E-state index is 0.121. The van der Waals surface area contributed by atoms with E-state index in [9.17, 15) is 9.18 Å². The fraction of sp³-hybridized carbons (Fsp3) is 0.640. The second kappa shape index (κ2) is 9.29. The minimum Gasteiger partial charge on any atom is -0.489 e. The number of methoxy groups -OCH3 is 1. The monoisotopic (exact) mass is 430 g/mol. The van der Waals surface area contributed by atoms with Crippen molar-refractivity contribution in [3.8, 4) is 5.75 Å². The molecule has 0 heterocycles. The topological polar surface area (TPSA) is 73.6 Å². The summed E-state index contributed by atoms with van der Waals surface area (Å²) in [6.45, 7) is 0.890. The van der Waals surface area contributed by atoms with Gasteiger partial charge >= 0.3 is 0 Å². The number of nitrogens with one attached hydrogen (secondary N) is 1. The molecule has 4 aliphatic carbocycles. The van der Waals surface area contributed by atoms with Crippen LogP contribution in [0.5, 0.6) is 5.75 Å². The summed E-state index contributed by atoms with van der Waals surface area (Å²) in [5.41, 5.74) is 6.71. The van der Waals surface area contributed by atoms with E-state index in [4.69, 9.17) is 15.2 Å². The van der Waals surface area contributed by atoms with E-state index in [0.29, 0.717) is 30.1 Å². The van der Waals surface area contributed by atoms with Crippen LogP contribution in [0.4, 0.5) is 4.39 Å². The third-order valence-electron chi connectivity index (χ3n) is 8.01. The zero-order chi connectivity index (χ0) is 21.9. The Labute approximate surface area is 184 Å². The maximum atomic E-state index is 13.0. The molecule has 0 radical (unpaired) electrons. The first kappa shape index (κ1) is 22.3. The van der Waals surface area contributed by atoms with Crippen LogP contribution in [0.15, 0.2) is 36.2 Å². The van der Waals surface area contributed by atoms with Crippen LogP contribution < -0.4 is 15.8 Å². The first-order valence-corrected chi connectivity index (χ1v) is 11.6. The number of benzene rings is 1. The molecule has 31 heavy (non-hydrogen) atoms. The molecule has 0 atom stereocenters. The van der Waals surface area contributed by atoms with E-state index in [1.165, 1.54) is 24.8 Å². The molecule has 5 rings (SSSR count). The Bertz CT molecular complexity index is 780. The van der Waals surface area contributed by atoms with E-state index < -0.39 is 0 Å². The van der Waals surface area contributed by atoms with Crippen molar-refractivity contribution in [1.29, 1.82) is 0 Å². The second-order valence-electron chi connectivity index (χ2n) is 9.77. The summed E-state index contributed by atoms with van der Waals surface area (Å²) in [7, 11) is 1.75. The van der Waals surface area contributed by atoms with Gasteiger partial charge in [0.2, 0.25) is 5.91 Å². The van der Waals surface area contributed by atoms with Crippen molar-refractivity contribution in [2.24, 2.45) is 17.1 Å². The summed E-state index contributed by atoms with van der Waals surface area (Å²) < 4.78 is 24.0. The summed E-state index contributed by atoms with van der Waals surface area (Å²) in [6.07, 6.45) is 9.07. The zero-order valence-corrected chi connectivity index (χ0v) is 18.5. The first-order chi connectivity index (χ1) is 15.0. The van der Waals surface area contributed by atoms with Gasteiger partial charge in [0.25, 0.3) is 0 Å². The van der Waals surface area contributed by atoms with E-state index in [0.717, 1.165) is 38.0 Å². The number of nitrogens with two attached hydrogens (primary N) is 1. The van der Waals surface area contributed by atoms with Crippen LogP contribution in [0.3, 0.4) is 0 Å². The molecule has 3 N–H and O–H groups in total. The fourth-order valence-electron chi connectivity index (χ4n) is 5.62. The molecular formula is C25H35FN2O3. The Morgan fingerprint density at radius 2 is 1.84 bits per heavy atom. The molecule has 0 aliphatic heterocycles. The molecule has 4 aliphatic rings. The van der Waals surface area contributed by atoms with Gasteiger partial charge in [0.1, 0.15) is 12.4 Å². The largest absolute Gasteiger partial charge is 0.489 e. The molecular weight excluding hydrogens is 395 g/mol. The van der Waals surface area contributed by atoms with Crippen molar-refractivity contribution in [2.75, 3.05) is 26.8 Å². The maximum Gasteiger partial charge on any atom is 0.226 e. The highest BCUT2D eigenvalue weighted by Crippen LogP contribution is 2.51. The molecule has 0 spiro atoms. The molecule has 0 unspecified atom stereocenters. The smallest absolute Gasteiger partial charge is 0.226 e. The molecule has 1 amide bonds. The van der Waals surface area contributed by atoms with Crippen molar-refractivity contribution in [1.82, 2.24) is 5.32 Å². The molecule has 2 bridgehead atoms. The van der Waals surface area contributed by atoms with Gasteiger partial charge in [-0.2, -0.15) is 0 Å². The van der Waals surface area contributed by atoms with Crippen LogP contribution >= 0.6 is 0 Å².